The molecule has 0 amide bonds. The highest BCUT2D eigenvalue weighted by atomic mass is 16.4. The van der Waals surface area contributed by atoms with Crippen molar-refractivity contribution < 1.29 is 9.90 Å². The number of carbonyl (C=O) groups is 1. The molecule has 0 aromatic carbocycles. The Morgan fingerprint density at radius 2 is 2.04 bits per heavy atom. The van der Waals surface area contributed by atoms with Crippen molar-refractivity contribution in [3.05, 3.63) is 22.4 Å². The molecule has 1 saturated carbocycles. The van der Waals surface area contributed by atoms with Crippen LogP contribution in [0.4, 0.5) is 5.82 Å². The topological polar surface area (TPSA) is 112 Å². The SMILES string of the molecule is CC(C)(C)c1cn2c(=O)[nH]nc2c(NCC2CCC(C(=O)O)CC2)n1. The van der Waals surface area contributed by atoms with E-state index in [1.165, 1.54) is 4.40 Å². The van der Waals surface area contributed by atoms with Crippen molar-refractivity contribution in [2.45, 2.75) is 51.9 Å². The van der Waals surface area contributed by atoms with E-state index in [4.69, 9.17) is 5.11 Å². The van der Waals surface area contributed by atoms with E-state index in [9.17, 15) is 9.59 Å². The maximum absolute atomic E-state index is 11.9. The minimum atomic E-state index is -0.691. The number of nitrogens with zero attached hydrogens (tertiary/aromatic N) is 3. The normalized spacial score (nSPS) is 21.4. The van der Waals surface area contributed by atoms with Crippen LogP contribution in [0.1, 0.15) is 52.1 Å². The first kappa shape index (κ1) is 17.4. The summed E-state index contributed by atoms with van der Waals surface area (Å²) in [6.07, 6.45) is 4.92. The summed E-state index contributed by atoms with van der Waals surface area (Å²) < 4.78 is 1.48. The third-order valence-electron chi connectivity index (χ3n) is 4.92. The number of fused-ring (bicyclic) bond motifs is 1. The van der Waals surface area contributed by atoms with Crippen LogP contribution in [0.2, 0.25) is 0 Å². The highest BCUT2D eigenvalue weighted by Gasteiger charge is 2.26. The summed E-state index contributed by atoms with van der Waals surface area (Å²) in [6, 6.07) is 0. The van der Waals surface area contributed by atoms with Gasteiger partial charge in [0.15, 0.2) is 5.82 Å². The van der Waals surface area contributed by atoms with Crippen LogP contribution in [-0.2, 0) is 10.2 Å². The van der Waals surface area contributed by atoms with E-state index in [2.05, 4.69) is 20.5 Å². The molecule has 1 aliphatic carbocycles. The van der Waals surface area contributed by atoms with Crippen molar-refractivity contribution >= 4 is 17.4 Å². The molecule has 0 radical (unpaired) electrons. The highest BCUT2D eigenvalue weighted by molar-refractivity contribution is 5.70. The molecular formula is C17H25N5O3. The predicted octanol–water partition coefficient (Wildman–Crippen LogP) is 2.02. The zero-order chi connectivity index (χ0) is 18.2. The van der Waals surface area contributed by atoms with Crippen molar-refractivity contribution in [1.82, 2.24) is 19.6 Å². The van der Waals surface area contributed by atoms with Gasteiger partial charge in [-0.3, -0.25) is 4.79 Å². The molecule has 2 aromatic rings. The number of nitrogens with one attached hydrogen (secondary N) is 2. The summed E-state index contributed by atoms with van der Waals surface area (Å²) in [5.41, 5.74) is 0.812. The Kier molecular flexibility index (Phi) is 4.53. The fourth-order valence-electron chi connectivity index (χ4n) is 3.25. The van der Waals surface area contributed by atoms with Gasteiger partial charge in [-0.05, 0) is 31.6 Å². The second kappa shape index (κ2) is 6.50. The fraction of sp³-hybridized carbons (Fsp3) is 0.647. The summed E-state index contributed by atoms with van der Waals surface area (Å²) in [7, 11) is 0. The molecule has 3 rings (SSSR count). The quantitative estimate of drug-likeness (QED) is 0.780. The molecular weight excluding hydrogens is 322 g/mol. The van der Waals surface area contributed by atoms with E-state index in [1.807, 2.05) is 20.8 Å². The van der Waals surface area contributed by atoms with E-state index in [0.717, 1.165) is 18.5 Å². The van der Waals surface area contributed by atoms with Crippen molar-refractivity contribution in [1.29, 1.82) is 0 Å². The Bertz CT molecular complexity index is 825. The van der Waals surface area contributed by atoms with Gasteiger partial charge >= 0.3 is 11.7 Å². The number of aromatic nitrogens is 4. The first-order valence-corrected chi connectivity index (χ1v) is 8.70. The third kappa shape index (κ3) is 3.67. The fourth-order valence-corrected chi connectivity index (χ4v) is 3.25. The Morgan fingerprint density at radius 1 is 1.36 bits per heavy atom. The van der Waals surface area contributed by atoms with E-state index in [1.54, 1.807) is 6.20 Å². The monoisotopic (exact) mass is 347 g/mol. The summed E-state index contributed by atoms with van der Waals surface area (Å²) in [5, 5.41) is 18.9. The van der Waals surface area contributed by atoms with Crippen LogP contribution in [-0.4, -0.2) is 37.2 Å². The smallest absolute Gasteiger partial charge is 0.347 e. The number of rotatable bonds is 4. The summed E-state index contributed by atoms with van der Waals surface area (Å²) in [6.45, 7) is 6.83. The molecule has 2 aromatic heterocycles. The van der Waals surface area contributed by atoms with Crippen molar-refractivity contribution in [3.63, 3.8) is 0 Å². The van der Waals surface area contributed by atoms with Gasteiger partial charge < -0.3 is 10.4 Å². The lowest BCUT2D eigenvalue weighted by molar-refractivity contribution is -0.143. The maximum Gasteiger partial charge on any atom is 0.347 e. The van der Waals surface area contributed by atoms with Gasteiger partial charge in [0.2, 0.25) is 5.65 Å². The number of carboxylic acid groups (broad SMARTS) is 1. The number of aromatic amines is 1. The van der Waals surface area contributed by atoms with Crippen LogP contribution in [0, 0.1) is 11.8 Å². The minimum absolute atomic E-state index is 0.194. The highest BCUT2D eigenvalue weighted by Crippen LogP contribution is 2.29. The van der Waals surface area contributed by atoms with Gasteiger partial charge in [-0.25, -0.2) is 19.3 Å². The standard InChI is InChI=1S/C17H25N5O3/c1-17(2,3)12-9-22-14(20-21-16(22)25)13(19-12)18-8-10-4-6-11(7-5-10)15(23)24/h9-11H,4-8H2,1-3H3,(H,18,19)(H,21,25)(H,23,24). The molecule has 0 unspecified atom stereocenters. The number of hydrogen-bond donors (Lipinski definition) is 3. The zero-order valence-electron chi connectivity index (χ0n) is 14.9. The second-order valence-corrected chi connectivity index (χ2v) is 7.88. The molecule has 0 atom stereocenters. The second-order valence-electron chi connectivity index (χ2n) is 7.88. The van der Waals surface area contributed by atoms with Crippen LogP contribution in [0.25, 0.3) is 5.65 Å². The van der Waals surface area contributed by atoms with Gasteiger partial charge in [0.05, 0.1) is 11.6 Å². The first-order valence-electron chi connectivity index (χ1n) is 8.70. The van der Waals surface area contributed by atoms with Gasteiger partial charge in [0.25, 0.3) is 0 Å². The van der Waals surface area contributed by atoms with Crippen molar-refractivity contribution in [3.8, 4) is 0 Å². The molecule has 136 valence electrons. The molecule has 0 bridgehead atoms. The van der Waals surface area contributed by atoms with E-state index >= 15 is 0 Å². The Hall–Kier alpha value is -2.38. The molecule has 0 spiro atoms. The average molecular weight is 347 g/mol. The number of hydrogen-bond acceptors (Lipinski definition) is 5. The van der Waals surface area contributed by atoms with Gasteiger partial charge in [-0.15, -0.1) is 5.10 Å². The maximum atomic E-state index is 11.9. The molecule has 8 nitrogen and oxygen atoms in total. The van der Waals surface area contributed by atoms with E-state index < -0.39 is 5.97 Å². The molecule has 25 heavy (non-hydrogen) atoms. The Balaban J connectivity index is 1.77. The average Bonchev–Trinajstić information content (AvgIpc) is 2.93. The van der Waals surface area contributed by atoms with Gasteiger partial charge in [-0.1, -0.05) is 20.8 Å². The largest absolute Gasteiger partial charge is 0.481 e. The van der Waals surface area contributed by atoms with Crippen molar-refractivity contribution in [2.24, 2.45) is 11.8 Å². The molecule has 1 aliphatic rings. The molecule has 0 saturated heterocycles. The number of anilines is 1. The van der Waals surface area contributed by atoms with E-state index in [-0.39, 0.29) is 17.0 Å². The van der Waals surface area contributed by atoms with E-state index in [0.29, 0.717) is 36.8 Å². The lowest BCUT2D eigenvalue weighted by Crippen LogP contribution is -2.26. The van der Waals surface area contributed by atoms with Crippen LogP contribution < -0.4 is 11.0 Å². The number of H-pyrrole nitrogens is 1. The minimum Gasteiger partial charge on any atom is -0.481 e. The van der Waals surface area contributed by atoms with Crippen LogP contribution in [0.15, 0.2) is 11.0 Å². The van der Waals surface area contributed by atoms with Crippen molar-refractivity contribution in [2.75, 3.05) is 11.9 Å². The summed E-state index contributed by atoms with van der Waals surface area (Å²) in [5.74, 6) is 0.0892. The lowest BCUT2D eigenvalue weighted by Gasteiger charge is -2.26. The van der Waals surface area contributed by atoms with Crippen LogP contribution in [0.5, 0.6) is 0 Å². The van der Waals surface area contributed by atoms with Crippen LogP contribution >= 0.6 is 0 Å². The number of carboxylic acids is 1. The zero-order valence-corrected chi connectivity index (χ0v) is 14.9. The Labute approximate surface area is 145 Å². The molecule has 0 aliphatic heterocycles. The molecule has 3 N–H and O–H groups in total. The van der Waals surface area contributed by atoms with Gasteiger partial charge in [0.1, 0.15) is 0 Å². The molecule has 2 heterocycles. The Morgan fingerprint density at radius 3 is 2.64 bits per heavy atom. The predicted molar refractivity (Wildman–Crippen MR) is 93.9 cm³/mol. The molecule has 8 heteroatoms. The third-order valence-corrected chi connectivity index (χ3v) is 4.92. The lowest BCUT2D eigenvalue weighted by atomic mass is 9.82. The van der Waals surface area contributed by atoms with Gasteiger partial charge in [-0.2, -0.15) is 0 Å². The van der Waals surface area contributed by atoms with Crippen LogP contribution in [0.3, 0.4) is 0 Å². The summed E-state index contributed by atoms with van der Waals surface area (Å²) >= 11 is 0. The first-order chi connectivity index (χ1) is 11.8. The summed E-state index contributed by atoms with van der Waals surface area (Å²) in [4.78, 5) is 27.7. The molecule has 1 fully saturated rings. The van der Waals surface area contributed by atoms with Gasteiger partial charge in [0, 0.05) is 18.2 Å². The number of aliphatic carboxylic acids is 1.